The summed E-state index contributed by atoms with van der Waals surface area (Å²) in [6.45, 7) is 1.76. The second-order valence-corrected chi connectivity index (χ2v) is 7.80. The Balaban J connectivity index is 1.45. The largest absolute Gasteiger partial charge is 0.457 e. The number of hydrogen-bond donors (Lipinski definition) is 1. The van der Waals surface area contributed by atoms with Gasteiger partial charge in [0.15, 0.2) is 0 Å². The number of halogens is 3. The third-order valence-electron chi connectivity index (χ3n) is 5.79. The van der Waals surface area contributed by atoms with Gasteiger partial charge in [0.2, 0.25) is 5.91 Å². The molecule has 4 rings (SSSR count). The molecule has 31 heavy (non-hydrogen) atoms. The molecule has 9 heteroatoms. The number of alkyl halides is 3. The molecule has 0 spiro atoms. The highest BCUT2D eigenvalue weighted by Crippen LogP contribution is 2.34. The number of urea groups is 1. The number of carbonyl (C=O) groups is 2. The molecule has 2 aromatic rings. The molecule has 0 bridgehead atoms. The normalized spacial score (nSPS) is 18.6. The Morgan fingerprint density at radius 1 is 1.03 bits per heavy atom. The van der Waals surface area contributed by atoms with Crippen molar-refractivity contribution in [3.8, 4) is 11.5 Å². The van der Waals surface area contributed by atoms with Crippen molar-refractivity contribution in [1.29, 1.82) is 0 Å². The Kier molecular flexibility index (Phi) is 5.51. The number of hydrogen-bond acceptors (Lipinski definition) is 3. The van der Waals surface area contributed by atoms with Crippen molar-refractivity contribution in [1.82, 2.24) is 9.80 Å². The highest BCUT2D eigenvalue weighted by molar-refractivity contribution is 5.81. The van der Waals surface area contributed by atoms with Gasteiger partial charge in [-0.05, 0) is 48.7 Å². The quantitative estimate of drug-likeness (QED) is 0.801. The van der Waals surface area contributed by atoms with Crippen LogP contribution in [0.2, 0.25) is 0 Å². The predicted octanol–water partition coefficient (Wildman–Crippen LogP) is 3.78. The van der Waals surface area contributed by atoms with Crippen LogP contribution in [0.3, 0.4) is 0 Å². The number of nitrogens with two attached hydrogens (primary N) is 1. The second kappa shape index (κ2) is 8.13. The number of likely N-dealkylation sites (tertiary alicyclic amines) is 1. The average molecular weight is 433 g/mol. The van der Waals surface area contributed by atoms with E-state index >= 15 is 0 Å². The molecule has 2 aliphatic heterocycles. The Morgan fingerprint density at radius 3 is 2.42 bits per heavy atom. The first-order valence-corrected chi connectivity index (χ1v) is 10.0. The number of fused-ring (bicyclic) bond motifs is 1. The molecule has 1 fully saturated rings. The summed E-state index contributed by atoms with van der Waals surface area (Å²) >= 11 is 0. The van der Waals surface area contributed by atoms with E-state index in [0.29, 0.717) is 50.5 Å². The molecule has 2 heterocycles. The molecule has 0 aromatic heterocycles. The van der Waals surface area contributed by atoms with E-state index in [9.17, 15) is 22.8 Å². The molecule has 1 atom stereocenters. The lowest BCUT2D eigenvalue weighted by atomic mass is 9.97. The molecule has 164 valence electrons. The first-order chi connectivity index (χ1) is 14.7. The van der Waals surface area contributed by atoms with Crippen molar-refractivity contribution >= 4 is 11.9 Å². The highest BCUT2D eigenvalue weighted by Gasteiger charge is 2.34. The number of carbonyl (C=O) groups excluding carboxylic acids is 2. The van der Waals surface area contributed by atoms with E-state index in [-0.39, 0.29) is 11.8 Å². The van der Waals surface area contributed by atoms with Gasteiger partial charge in [0.05, 0.1) is 11.5 Å². The van der Waals surface area contributed by atoms with Gasteiger partial charge in [-0.25, -0.2) is 4.79 Å². The lowest BCUT2D eigenvalue weighted by Gasteiger charge is -2.31. The monoisotopic (exact) mass is 433 g/mol. The predicted molar refractivity (Wildman–Crippen MR) is 106 cm³/mol. The van der Waals surface area contributed by atoms with E-state index in [0.717, 1.165) is 23.3 Å². The van der Waals surface area contributed by atoms with Crippen molar-refractivity contribution in [2.75, 3.05) is 19.6 Å². The number of benzene rings is 2. The maximum Gasteiger partial charge on any atom is 0.416 e. The maximum absolute atomic E-state index is 12.9. The molecule has 1 saturated heterocycles. The molecular weight excluding hydrogens is 411 g/mol. The van der Waals surface area contributed by atoms with Crippen molar-refractivity contribution in [3.63, 3.8) is 0 Å². The smallest absolute Gasteiger partial charge is 0.416 e. The second-order valence-electron chi connectivity index (χ2n) is 7.80. The number of rotatable bonds is 3. The lowest BCUT2D eigenvalue weighted by Crippen LogP contribution is -2.41. The van der Waals surface area contributed by atoms with Crippen LogP contribution in [0.4, 0.5) is 18.0 Å². The fraction of sp³-hybridized carbons (Fsp3) is 0.364. The Hall–Kier alpha value is -3.23. The van der Waals surface area contributed by atoms with Gasteiger partial charge in [0.25, 0.3) is 0 Å². The van der Waals surface area contributed by atoms with Crippen molar-refractivity contribution in [3.05, 3.63) is 59.2 Å². The summed E-state index contributed by atoms with van der Waals surface area (Å²) in [7, 11) is 0. The minimum atomic E-state index is -4.39. The van der Waals surface area contributed by atoms with Crippen LogP contribution in [-0.2, 0) is 23.9 Å². The summed E-state index contributed by atoms with van der Waals surface area (Å²) in [5.41, 5.74) is 6.45. The van der Waals surface area contributed by atoms with E-state index in [1.165, 1.54) is 17.0 Å². The molecule has 1 unspecified atom stereocenters. The zero-order valence-electron chi connectivity index (χ0n) is 16.7. The first-order valence-electron chi connectivity index (χ1n) is 10.0. The molecule has 0 saturated carbocycles. The number of nitrogens with zero attached hydrogens (tertiary/aromatic N) is 2. The molecule has 0 radical (unpaired) electrons. The lowest BCUT2D eigenvalue weighted by molar-refractivity contribution is -0.137. The molecule has 0 aliphatic carbocycles. The average Bonchev–Trinajstić information content (AvgIpc) is 3.23. The molecular formula is C22H22F3N3O3. The summed E-state index contributed by atoms with van der Waals surface area (Å²) in [5, 5.41) is 0. The van der Waals surface area contributed by atoms with E-state index < -0.39 is 17.8 Å². The van der Waals surface area contributed by atoms with Crippen LogP contribution in [0.15, 0.2) is 42.5 Å². The van der Waals surface area contributed by atoms with Crippen LogP contribution in [0.1, 0.15) is 23.1 Å². The van der Waals surface area contributed by atoms with Gasteiger partial charge in [-0.3, -0.25) is 4.79 Å². The van der Waals surface area contributed by atoms with Crippen molar-refractivity contribution in [2.45, 2.75) is 25.6 Å². The molecule has 6 nitrogen and oxygen atoms in total. The molecule has 2 N–H and O–H groups in total. The van der Waals surface area contributed by atoms with Gasteiger partial charge in [-0.2, -0.15) is 13.2 Å². The van der Waals surface area contributed by atoms with E-state index in [1.807, 2.05) is 6.07 Å². The number of primary amides is 1. The summed E-state index contributed by atoms with van der Waals surface area (Å²) < 4.78 is 44.1. The van der Waals surface area contributed by atoms with Crippen LogP contribution < -0.4 is 10.5 Å². The van der Waals surface area contributed by atoms with Gasteiger partial charge < -0.3 is 20.3 Å². The fourth-order valence-corrected chi connectivity index (χ4v) is 4.12. The van der Waals surface area contributed by atoms with Crippen LogP contribution in [0.5, 0.6) is 11.5 Å². The van der Waals surface area contributed by atoms with E-state index in [4.69, 9.17) is 10.5 Å². The van der Waals surface area contributed by atoms with Gasteiger partial charge in [-0.1, -0.05) is 12.1 Å². The summed E-state index contributed by atoms with van der Waals surface area (Å²) in [4.78, 5) is 27.5. The van der Waals surface area contributed by atoms with Gasteiger partial charge in [0.1, 0.15) is 11.5 Å². The Labute approximate surface area is 177 Å². The zero-order valence-corrected chi connectivity index (χ0v) is 16.7. The summed E-state index contributed by atoms with van der Waals surface area (Å²) in [5.74, 6) is 0.645. The number of amides is 3. The first kappa shape index (κ1) is 21.0. The van der Waals surface area contributed by atoms with Crippen LogP contribution >= 0.6 is 0 Å². The Bertz CT molecular complexity index is 992. The van der Waals surface area contributed by atoms with Crippen molar-refractivity contribution in [2.24, 2.45) is 11.7 Å². The zero-order chi connectivity index (χ0) is 22.2. The van der Waals surface area contributed by atoms with E-state index in [2.05, 4.69) is 0 Å². The highest BCUT2D eigenvalue weighted by atomic mass is 19.4. The summed E-state index contributed by atoms with van der Waals surface area (Å²) in [6, 6.07) is 9.55. The van der Waals surface area contributed by atoms with Gasteiger partial charge in [0, 0.05) is 31.7 Å². The van der Waals surface area contributed by atoms with Crippen molar-refractivity contribution < 1.29 is 27.5 Å². The molecule has 2 aliphatic rings. The Morgan fingerprint density at radius 2 is 1.77 bits per heavy atom. The van der Waals surface area contributed by atoms with Gasteiger partial charge >= 0.3 is 12.2 Å². The summed E-state index contributed by atoms with van der Waals surface area (Å²) in [6.07, 6.45) is -3.22. The fourth-order valence-electron chi connectivity index (χ4n) is 4.12. The van der Waals surface area contributed by atoms with E-state index in [1.54, 1.807) is 17.0 Å². The van der Waals surface area contributed by atoms with Gasteiger partial charge in [-0.15, -0.1) is 0 Å². The third kappa shape index (κ3) is 4.45. The molecule has 3 amide bonds. The van der Waals surface area contributed by atoms with Crippen LogP contribution in [-0.4, -0.2) is 41.4 Å². The maximum atomic E-state index is 12.9. The SMILES string of the molecule is NC(=O)N1CCC(C(=O)N2CCc3c(cccc3Oc3ccc(C(F)(F)F)cc3)C2)C1. The van der Waals surface area contributed by atoms with Crippen LogP contribution in [0.25, 0.3) is 0 Å². The minimum Gasteiger partial charge on any atom is -0.457 e. The minimum absolute atomic E-state index is 0.00320. The number of ether oxygens (including phenoxy) is 1. The van der Waals surface area contributed by atoms with Crippen LogP contribution in [0, 0.1) is 5.92 Å². The topological polar surface area (TPSA) is 75.9 Å². The molecule has 2 aromatic carbocycles. The third-order valence-corrected chi connectivity index (χ3v) is 5.79. The standard InChI is InChI=1S/C22H22F3N3O3/c23-22(24,25)16-4-6-17(7-5-16)31-19-3-1-2-14-12-27(11-9-18(14)19)20(29)15-8-10-28(13-15)21(26)30/h1-7,15H,8-13H2,(H2,26,30).